The second-order valence-corrected chi connectivity index (χ2v) is 17.6. The number of imide groups is 1. The number of rotatable bonds is 23. The number of aliphatic carboxylic acids is 1. The molecule has 64 heavy (non-hydrogen) atoms. The smallest absolute Gasteiger partial charge is 0.333 e. The lowest BCUT2D eigenvalue weighted by molar-refractivity contribution is -0.197. The number of carboxylic acid groups (broad SMARTS) is 1. The summed E-state index contributed by atoms with van der Waals surface area (Å²) < 4.78 is 31.4. The van der Waals surface area contributed by atoms with Crippen molar-refractivity contribution >= 4 is 47.1 Å². The molecule has 1 saturated heterocycles. The fourth-order valence-electron chi connectivity index (χ4n) is 7.74. The largest absolute Gasteiger partial charge is 0.481 e. The fraction of sp³-hybridized carbons (Fsp3) is 0.489. The summed E-state index contributed by atoms with van der Waals surface area (Å²) in [5.74, 6) is -9.60. The van der Waals surface area contributed by atoms with E-state index in [9.17, 15) is 53.0 Å². The van der Waals surface area contributed by atoms with Gasteiger partial charge in [-0.05, 0) is 60.9 Å². The van der Waals surface area contributed by atoms with Gasteiger partial charge < -0.3 is 29.8 Å². The lowest BCUT2D eigenvalue weighted by atomic mass is 9.82. The number of carboxylic acids is 1. The van der Waals surface area contributed by atoms with Crippen LogP contribution in [0.3, 0.4) is 0 Å². The van der Waals surface area contributed by atoms with Crippen LogP contribution < -0.4 is 5.32 Å². The van der Waals surface area contributed by atoms with Crippen LogP contribution in [0.2, 0.25) is 0 Å². The number of hydroxylamine groups is 2. The second-order valence-electron chi connectivity index (χ2n) is 17.6. The van der Waals surface area contributed by atoms with Crippen molar-refractivity contribution in [2.24, 2.45) is 23.2 Å². The van der Waals surface area contributed by atoms with E-state index in [2.05, 4.69) is 5.32 Å². The van der Waals surface area contributed by atoms with Crippen molar-refractivity contribution in [3.05, 3.63) is 83.7 Å². The van der Waals surface area contributed by atoms with Crippen LogP contribution >= 0.6 is 0 Å². The van der Waals surface area contributed by atoms with Crippen molar-refractivity contribution in [1.82, 2.24) is 19.8 Å². The van der Waals surface area contributed by atoms with Gasteiger partial charge >= 0.3 is 11.9 Å². The Morgan fingerprint density at radius 2 is 1.56 bits per heavy atom. The van der Waals surface area contributed by atoms with Gasteiger partial charge in [0.2, 0.25) is 11.8 Å². The van der Waals surface area contributed by atoms with Gasteiger partial charge in [-0.2, -0.15) is 0 Å². The van der Waals surface area contributed by atoms with Gasteiger partial charge in [-0.3, -0.25) is 33.6 Å². The predicted octanol–water partition coefficient (Wildman–Crippen LogP) is 5.95. The van der Waals surface area contributed by atoms with Gasteiger partial charge in [0.15, 0.2) is 5.78 Å². The molecule has 2 aromatic carbocycles. The minimum Gasteiger partial charge on any atom is -0.481 e. The lowest BCUT2D eigenvalue weighted by Gasteiger charge is -2.41. The van der Waals surface area contributed by atoms with Crippen molar-refractivity contribution < 1.29 is 62.2 Å². The molecule has 1 aliphatic rings. The summed E-state index contributed by atoms with van der Waals surface area (Å²) in [6.07, 6.45) is 0.266. The molecular formula is C47H58F2N4O11. The summed E-state index contributed by atoms with van der Waals surface area (Å²) in [4.78, 5) is 108. The number of aliphatic hydroxyl groups excluding tert-OH is 1. The van der Waals surface area contributed by atoms with Crippen molar-refractivity contribution in [3.63, 3.8) is 0 Å². The van der Waals surface area contributed by atoms with Crippen LogP contribution in [-0.4, -0.2) is 91.1 Å². The molecule has 4 atom stereocenters. The van der Waals surface area contributed by atoms with Gasteiger partial charge in [0.1, 0.15) is 24.0 Å². The molecule has 0 radical (unpaired) electrons. The Labute approximate surface area is 371 Å². The topological polar surface area (TPSA) is 210 Å². The maximum Gasteiger partial charge on any atom is 0.333 e. The minimum atomic E-state index is -1.33. The van der Waals surface area contributed by atoms with Gasteiger partial charge in [-0.15, -0.1) is 5.06 Å². The summed E-state index contributed by atoms with van der Waals surface area (Å²) in [5.41, 5.74) is 0.912. The van der Waals surface area contributed by atoms with E-state index in [1.165, 1.54) is 11.8 Å². The van der Waals surface area contributed by atoms with Crippen LogP contribution in [0.1, 0.15) is 110 Å². The van der Waals surface area contributed by atoms with Crippen molar-refractivity contribution in [2.45, 2.75) is 112 Å². The number of carbonyl (C=O) groups is 8. The van der Waals surface area contributed by atoms with E-state index >= 15 is 4.39 Å². The molecule has 1 aromatic heterocycles. The molecule has 1 fully saturated rings. The Balaban J connectivity index is 1.47. The summed E-state index contributed by atoms with van der Waals surface area (Å²) in [6, 6.07) is 12.0. The first kappa shape index (κ1) is 50.5. The SMILES string of the molecule is CC(C)[C@H](CC(=O)CCCC(=O)ON1C(=O)CCC1=O)C(=O)N[C@@H](C)C(=O)C[C@@H](CCN(C(=O)CO)[C@@H](c1cc(-c2cc(F)ccc2F)cn1Cc1ccccc1)C(C)(C)C)C(=O)O. The van der Waals surface area contributed by atoms with Crippen LogP contribution in [-0.2, 0) is 49.7 Å². The Kier molecular flexibility index (Phi) is 17.8. The molecule has 0 saturated carbocycles. The highest BCUT2D eigenvalue weighted by molar-refractivity contribution is 6.01. The highest BCUT2D eigenvalue weighted by Crippen LogP contribution is 2.41. The van der Waals surface area contributed by atoms with E-state index < -0.39 is 95.3 Å². The van der Waals surface area contributed by atoms with Crippen LogP contribution in [0.4, 0.5) is 8.78 Å². The zero-order valence-corrected chi connectivity index (χ0v) is 37.1. The summed E-state index contributed by atoms with van der Waals surface area (Å²) in [7, 11) is 0. The normalized spacial score (nSPS) is 14.8. The van der Waals surface area contributed by atoms with Crippen LogP contribution in [0.25, 0.3) is 11.1 Å². The molecule has 1 aliphatic heterocycles. The molecule has 0 unspecified atom stereocenters. The average Bonchev–Trinajstić information content (AvgIpc) is 3.78. The van der Waals surface area contributed by atoms with E-state index in [1.54, 1.807) is 26.1 Å². The summed E-state index contributed by atoms with van der Waals surface area (Å²) in [5, 5.41) is 23.5. The third kappa shape index (κ3) is 13.7. The van der Waals surface area contributed by atoms with E-state index in [0.717, 1.165) is 23.8 Å². The molecule has 0 aliphatic carbocycles. The molecule has 0 spiro atoms. The van der Waals surface area contributed by atoms with Crippen molar-refractivity contribution in [2.75, 3.05) is 13.2 Å². The van der Waals surface area contributed by atoms with E-state index in [4.69, 9.17) is 4.84 Å². The third-order valence-electron chi connectivity index (χ3n) is 11.2. The third-order valence-corrected chi connectivity index (χ3v) is 11.2. The Morgan fingerprint density at radius 1 is 0.906 bits per heavy atom. The first-order valence-corrected chi connectivity index (χ1v) is 21.3. The summed E-state index contributed by atoms with van der Waals surface area (Å²) >= 11 is 0. The van der Waals surface area contributed by atoms with Crippen LogP contribution in [0.15, 0.2) is 60.8 Å². The van der Waals surface area contributed by atoms with Gasteiger partial charge in [0, 0.05) is 80.6 Å². The number of benzene rings is 2. The van der Waals surface area contributed by atoms with Crippen LogP contribution in [0.5, 0.6) is 0 Å². The number of ketones is 2. The monoisotopic (exact) mass is 892 g/mol. The molecule has 346 valence electrons. The number of aromatic nitrogens is 1. The lowest BCUT2D eigenvalue weighted by Crippen LogP contribution is -2.45. The van der Waals surface area contributed by atoms with Crippen LogP contribution in [0, 0.1) is 34.8 Å². The first-order chi connectivity index (χ1) is 30.1. The highest BCUT2D eigenvalue weighted by atomic mass is 19.1. The Hall–Kier alpha value is -6.10. The quantitative estimate of drug-likeness (QED) is 0.0947. The minimum absolute atomic E-state index is 0.00878. The number of nitrogens with one attached hydrogen (secondary N) is 1. The van der Waals surface area contributed by atoms with E-state index in [1.807, 2.05) is 55.7 Å². The standard InChI is InChI=1S/C47H58F2N4O11/c1-28(2)35(24-34(55)13-10-14-43(60)64-53-40(57)17-18-41(53)58)45(61)50-29(3)39(56)22-31(46(62)63)19-20-52(42(59)27-54)44(47(4,5)6)38-21-32(36-23-33(48)15-16-37(36)49)26-51(38)25-30-11-8-7-9-12-30/h7-9,11-12,15-16,21,23,26,28-29,31,35,44,54H,10,13-14,17-20,22,24-25,27H2,1-6H3,(H,50,61)(H,62,63)/t29-,31+,35-,44-/m0/s1. The molecule has 3 N–H and O–H groups in total. The Bertz CT molecular complexity index is 2180. The molecular weight excluding hydrogens is 835 g/mol. The van der Waals surface area contributed by atoms with Crippen molar-refractivity contribution in [1.29, 1.82) is 0 Å². The maximum atomic E-state index is 15.1. The maximum absolute atomic E-state index is 15.1. The highest BCUT2D eigenvalue weighted by Gasteiger charge is 2.39. The Morgan fingerprint density at radius 3 is 2.16 bits per heavy atom. The second kappa shape index (κ2) is 22.5. The van der Waals surface area contributed by atoms with Crippen molar-refractivity contribution in [3.8, 4) is 11.1 Å². The van der Waals surface area contributed by atoms with Gasteiger partial charge in [-0.25, -0.2) is 13.6 Å². The molecule has 4 amide bonds. The number of hydrogen-bond acceptors (Lipinski definition) is 10. The number of nitrogens with zero attached hydrogens (tertiary/aromatic N) is 3. The number of aliphatic hydroxyl groups is 1. The zero-order chi connectivity index (χ0) is 47.5. The number of hydrogen-bond donors (Lipinski definition) is 3. The van der Waals surface area contributed by atoms with E-state index in [0.29, 0.717) is 16.3 Å². The molecule has 17 heteroatoms. The summed E-state index contributed by atoms with van der Waals surface area (Å²) in [6.45, 7) is 9.49. The molecule has 4 rings (SSSR count). The molecule has 15 nitrogen and oxygen atoms in total. The predicted molar refractivity (Wildman–Crippen MR) is 228 cm³/mol. The molecule has 0 bridgehead atoms. The zero-order valence-electron chi connectivity index (χ0n) is 37.1. The van der Waals surface area contributed by atoms with Gasteiger partial charge in [0.25, 0.3) is 11.8 Å². The molecule has 2 heterocycles. The average molecular weight is 893 g/mol. The van der Waals surface area contributed by atoms with E-state index in [-0.39, 0.29) is 75.3 Å². The number of Topliss-reactive ketones (excluding diaryl/α,β-unsaturated/α-hetero) is 2. The number of amides is 4. The number of carbonyl (C=O) groups excluding carboxylic acids is 7. The fourth-order valence-corrected chi connectivity index (χ4v) is 7.74. The van der Waals surface area contributed by atoms with Gasteiger partial charge in [0.05, 0.1) is 18.0 Å². The van der Waals surface area contributed by atoms with Gasteiger partial charge in [-0.1, -0.05) is 65.0 Å². The molecule has 3 aromatic rings. The number of halogens is 2. The first-order valence-electron chi connectivity index (χ1n) is 21.3.